The second-order valence-corrected chi connectivity index (χ2v) is 3.87. The molecule has 8 heteroatoms. The number of aliphatic hydroxyl groups excluding tert-OH is 1. The van der Waals surface area contributed by atoms with Gasteiger partial charge in [-0.05, 0) is 0 Å². The van der Waals surface area contributed by atoms with E-state index in [2.05, 4.69) is 0 Å². The van der Waals surface area contributed by atoms with E-state index in [-0.39, 0.29) is 13.0 Å². The summed E-state index contributed by atoms with van der Waals surface area (Å²) >= 11 is 0. The van der Waals surface area contributed by atoms with E-state index >= 15 is 0 Å². The smallest absolute Gasteiger partial charge is 0.307 e. The van der Waals surface area contributed by atoms with Gasteiger partial charge in [0.15, 0.2) is 0 Å². The van der Waals surface area contributed by atoms with Crippen LogP contribution < -0.4 is 4.90 Å². The van der Waals surface area contributed by atoms with Crippen molar-refractivity contribution in [1.29, 1.82) is 0 Å². The molecule has 2 rings (SSSR count). The molecule has 1 aliphatic heterocycles. The number of nitro benzene ring substituents is 1. The Morgan fingerprint density at radius 1 is 1.39 bits per heavy atom. The van der Waals surface area contributed by atoms with Crippen molar-refractivity contribution >= 4 is 17.3 Å². The van der Waals surface area contributed by atoms with Crippen LogP contribution in [0.2, 0.25) is 0 Å². The van der Waals surface area contributed by atoms with Gasteiger partial charge in [0.2, 0.25) is 11.7 Å². The minimum Gasteiger partial charge on any atom is -0.391 e. The molecule has 0 saturated carbocycles. The molecule has 0 aromatic heterocycles. The van der Waals surface area contributed by atoms with Crippen LogP contribution in [0.5, 0.6) is 0 Å². The van der Waals surface area contributed by atoms with Gasteiger partial charge in [0.25, 0.3) is 0 Å². The van der Waals surface area contributed by atoms with Crippen LogP contribution in [0.4, 0.5) is 20.2 Å². The Labute approximate surface area is 99.6 Å². The lowest BCUT2D eigenvalue weighted by Gasteiger charge is -2.16. The molecule has 6 nitrogen and oxygen atoms in total. The number of anilines is 1. The zero-order valence-corrected chi connectivity index (χ0v) is 8.97. The molecule has 1 aromatic carbocycles. The normalized spacial score (nSPS) is 19.4. The first kappa shape index (κ1) is 12.4. The van der Waals surface area contributed by atoms with Gasteiger partial charge in [0, 0.05) is 12.1 Å². The van der Waals surface area contributed by atoms with E-state index in [4.69, 9.17) is 0 Å². The minimum atomic E-state index is -1.31. The van der Waals surface area contributed by atoms with Crippen molar-refractivity contribution in [2.24, 2.45) is 0 Å². The van der Waals surface area contributed by atoms with Gasteiger partial charge in [0.05, 0.1) is 29.7 Å². The fourth-order valence-corrected chi connectivity index (χ4v) is 1.79. The highest BCUT2D eigenvalue weighted by molar-refractivity contribution is 5.96. The monoisotopic (exact) mass is 258 g/mol. The Hall–Kier alpha value is -2.09. The second-order valence-electron chi connectivity index (χ2n) is 3.87. The Morgan fingerprint density at radius 2 is 2.06 bits per heavy atom. The van der Waals surface area contributed by atoms with Crippen molar-refractivity contribution in [2.45, 2.75) is 12.5 Å². The highest BCUT2D eigenvalue weighted by Crippen LogP contribution is 2.30. The highest BCUT2D eigenvalue weighted by Gasteiger charge is 2.32. The van der Waals surface area contributed by atoms with Crippen molar-refractivity contribution in [2.75, 3.05) is 11.4 Å². The maximum atomic E-state index is 13.5. The number of hydrogen-bond acceptors (Lipinski definition) is 4. The molecule has 0 radical (unpaired) electrons. The summed E-state index contributed by atoms with van der Waals surface area (Å²) in [6, 6.07) is 1.01. The average Bonchev–Trinajstić information content (AvgIpc) is 2.57. The molecular weight excluding hydrogens is 250 g/mol. The van der Waals surface area contributed by atoms with E-state index in [1.165, 1.54) is 0 Å². The molecule has 1 amide bonds. The summed E-state index contributed by atoms with van der Waals surface area (Å²) in [6.45, 7) is -0.168. The molecule has 18 heavy (non-hydrogen) atoms. The van der Waals surface area contributed by atoms with Crippen molar-refractivity contribution in [1.82, 2.24) is 0 Å². The number of aliphatic hydroxyl groups is 1. The number of benzene rings is 1. The van der Waals surface area contributed by atoms with Crippen LogP contribution in [0.3, 0.4) is 0 Å². The summed E-state index contributed by atoms with van der Waals surface area (Å²) in [5.41, 5.74) is -1.31. The van der Waals surface area contributed by atoms with Crippen molar-refractivity contribution < 1.29 is 23.6 Å². The first-order valence-electron chi connectivity index (χ1n) is 5.02. The molecule has 0 bridgehead atoms. The predicted octanol–water partition coefficient (Wildman–Crippen LogP) is 0.971. The lowest BCUT2D eigenvalue weighted by molar-refractivity contribution is -0.387. The van der Waals surface area contributed by atoms with Gasteiger partial charge in [-0.25, -0.2) is 4.39 Å². The first-order valence-corrected chi connectivity index (χ1v) is 5.02. The Balaban J connectivity index is 2.48. The van der Waals surface area contributed by atoms with E-state index in [9.17, 15) is 28.8 Å². The van der Waals surface area contributed by atoms with Gasteiger partial charge in [-0.1, -0.05) is 0 Å². The Bertz CT molecular complexity index is 535. The van der Waals surface area contributed by atoms with E-state index < -0.39 is 39.9 Å². The van der Waals surface area contributed by atoms with Crippen molar-refractivity contribution in [3.63, 3.8) is 0 Å². The number of hydrogen-bond donors (Lipinski definition) is 1. The number of nitrogens with zero attached hydrogens (tertiary/aromatic N) is 2. The molecule has 1 unspecified atom stereocenters. The van der Waals surface area contributed by atoms with Gasteiger partial charge in [-0.15, -0.1) is 0 Å². The standard InChI is InChI=1S/C10H8F2N2O4/c11-6-2-7(12)9(14(17)18)3-8(6)13-4-5(15)1-10(13)16/h2-3,5,15H,1,4H2. The van der Waals surface area contributed by atoms with Gasteiger partial charge in [-0.2, -0.15) is 4.39 Å². The molecule has 96 valence electrons. The Kier molecular flexibility index (Phi) is 2.95. The number of carbonyl (C=O) groups excluding carboxylic acids is 1. The molecule has 0 aliphatic carbocycles. The van der Waals surface area contributed by atoms with E-state index in [1.807, 2.05) is 0 Å². The van der Waals surface area contributed by atoms with Gasteiger partial charge in [-0.3, -0.25) is 14.9 Å². The number of amides is 1. The molecular formula is C10H8F2N2O4. The molecule has 1 saturated heterocycles. The van der Waals surface area contributed by atoms with Gasteiger partial charge < -0.3 is 10.0 Å². The van der Waals surface area contributed by atoms with E-state index in [1.54, 1.807) is 0 Å². The number of carbonyl (C=O) groups is 1. The largest absolute Gasteiger partial charge is 0.391 e. The van der Waals surface area contributed by atoms with Crippen LogP contribution in [0, 0.1) is 21.7 Å². The quantitative estimate of drug-likeness (QED) is 0.632. The van der Waals surface area contributed by atoms with Crippen molar-refractivity contribution in [3.8, 4) is 0 Å². The van der Waals surface area contributed by atoms with Gasteiger partial charge in [0.1, 0.15) is 5.82 Å². The van der Waals surface area contributed by atoms with Gasteiger partial charge >= 0.3 is 5.69 Å². The summed E-state index contributed by atoms with van der Waals surface area (Å²) in [4.78, 5) is 21.8. The third-order valence-corrected chi connectivity index (χ3v) is 2.61. The maximum Gasteiger partial charge on any atom is 0.307 e. The topological polar surface area (TPSA) is 83.7 Å². The fraction of sp³-hybridized carbons (Fsp3) is 0.300. The summed E-state index contributed by atoms with van der Waals surface area (Å²) in [6.07, 6.45) is -1.15. The van der Waals surface area contributed by atoms with Crippen LogP contribution in [0.1, 0.15) is 6.42 Å². The van der Waals surface area contributed by atoms with Crippen LogP contribution >= 0.6 is 0 Å². The lowest BCUT2D eigenvalue weighted by Crippen LogP contribution is -2.26. The molecule has 1 fully saturated rings. The SMILES string of the molecule is O=C1CC(O)CN1c1cc([N+](=O)[O-])c(F)cc1F. The van der Waals surface area contributed by atoms with Crippen LogP contribution in [0.25, 0.3) is 0 Å². The second kappa shape index (κ2) is 4.30. The van der Waals surface area contributed by atoms with Crippen molar-refractivity contribution in [3.05, 3.63) is 33.9 Å². The molecule has 1 aromatic rings. The fourth-order valence-electron chi connectivity index (χ4n) is 1.79. The highest BCUT2D eigenvalue weighted by atomic mass is 19.1. The molecule has 0 spiro atoms. The summed E-state index contributed by atoms with van der Waals surface area (Å²) < 4.78 is 26.6. The maximum absolute atomic E-state index is 13.5. The van der Waals surface area contributed by atoms with E-state index in [0.717, 1.165) is 4.90 Å². The molecule has 1 aliphatic rings. The average molecular weight is 258 g/mol. The number of rotatable bonds is 2. The number of β-amino-alcohol motifs (C(OH)–C–C–N with tert-alkyl or cyclic N) is 1. The van der Waals surface area contributed by atoms with Crippen LogP contribution in [-0.2, 0) is 4.79 Å². The minimum absolute atomic E-state index is 0.168. The molecule has 1 N–H and O–H groups in total. The zero-order valence-electron chi connectivity index (χ0n) is 8.97. The Morgan fingerprint density at radius 3 is 2.56 bits per heavy atom. The number of halogens is 2. The molecule has 1 atom stereocenters. The number of nitro groups is 1. The third kappa shape index (κ3) is 2.02. The first-order chi connectivity index (χ1) is 8.40. The van der Waals surface area contributed by atoms with Crippen LogP contribution in [0.15, 0.2) is 12.1 Å². The lowest BCUT2D eigenvalue weighted by atomic mass is 10.2. The summed E-state index contributed by atoms with van der Waals surface area (Å²) in [5, 5.41) is 19.8. The summed E-state index contributed by atoms with van der Waals surface area (Å²) in [7, 11) is 0. The summed E-state index contributed by atoms with van der Waals surface area (Å²) in [5.74, 6) is -2.96. The molecule has 1 heterocycles. The van der Waals surface area contributed by atoms with Crippen LogP contribution in [-0.4, -0.2) is 28.6 Å². The third-order valence-electron chi connectivity index (χ3n) is 2.61. The zero-order chi connectivity index (χ0) is 13.4. The van der Waals surface area contributed by atoms with E-state index in [0.29, 0.717) is 12.1 Å². The predicted molar refractivity (Wildman–Crippen MR) is 56.0 cm³/mol.